The van der Waals surface area contributed by atoms with Crippen LogP contribution in [0.25, 0.3) is 0 Å². The molecule has 6 nitrogen and oxygen atoms in total. The molecule has 0 bridgehead atoms. The summed E-state index contributed by atoms with van der Waals surface area (Å²) in [6.07, 6.45) is 0. The molecule has 0 spiro atoms. The van der Waals surface area contributed by atoms with Crippen LogP contribution >= 0.6 is 0 Å². The Kier molecular flexibility index (Phi) is 7.04. The molecule has 2 rings (SSSR count). The molecule has 0 aliphatic rings. The highest BCUT2D eigenvalue weighted by Gasteiger charge is 2.23. The topological polar surface area (TPSA) is 65.1 Å². The summed E-state index contributed by atoms with van der Waals surface area (Å²) in [5.74, 6) is 0.417. The number of benzene rings is 2. The van der Waals surface area contributed by atoms with E-state index in [1.54, 1.807) is 19.1 Å². The van der Waals surface area contributed by atoms with Crippen LogP contribution in [0.4, 0.5) is 4.39 Å². The van der Waals surface area contributed by atoms with Gasteiger partial charge in [-0.1, -0.05) is 6.07 Å². The lowest BCUT2D eigenvalue weighted by Gasteiger charge is -2.19. The van der Waals surface area contributed by atoms with Gasteiger partial charge < -0.3 is 14.2 Å². The molecular weight excluding hydrogens is 373 g/mol. The van der Waals surface area contributed by atoms with Crippen molar-refractivity contribution in [2.75, 3.05) is 27.4 Å². The average Bonchev–Trinajstić information content (AvgIpc) is 2.63. The zero-order valence-corrected chi connectivity index (χ0v) is 16.7. The lowest BCUT2D eigenvalue weighted by molar-refractivity contribution is 0.287. The number of halogens is 1. The van der Waals surface area contributed by atoms with E-state index < -0.39 is 15.8 Å². The summed E-state index contributed by atoms with van der Waals surface area (Å²) in [6.45, 7) is 4.48. The highest BCUT2D eigenvalue weighted by atomic mass is 32.2. The number of hydrogen-bond donors (Lipinski definition) is 0. The minimum atomic E-state index is -3.79. The summed E-state index contributed by atoms with van der Waals surface area (Å²) in [7, 11) is -0.984. The number of hydrogen-bond acceptors (Lipinski definition) is 5. The minimum Gasteiger partial charge on any atom is -0.494 e. The summed E-state index contributed by atoms with van der Waals surface area (Å²) in [5, 5.41) is 0. The Bertz CT molecular complexity index is 886. The van der Waals surface area contributed by atoms with E-state index in [1.807, 2.05) is 6.92 Å². The van der Waals surface area contributed by atoms with Gasteiger partial charge in [-0.3, -0.25) is 0 Å². The molecule has 2 aromatic rings. The molecule has 0 atom stereocenters. The van der Waals surface area contributed by atoms with Crippen LogP contribution in [0.3, 0.4) is 0 Å². The normalized spacial score (nSPS) is 11.5. The Hall–Kier alpha value is -2.32. The van der Waals surface area contributed by atoms with Crippen molar-refractivity contribution >= 4 is 10.0 Å². The molecule has 2 aromatic carbocycles. The molecule has 0 radical (unpaired) electrons. The van der Waals surface area contributed by atoms with E-state index in [0.29, 0.717) is 30.3 Å². The lowest BCUT2D eigenvalue weighted by atomic mass is 10.2. The number of nitrogens with zero attached hydrogens (tertiary/aromatic N) is 1. The van der Waals surface area contributed by atoms with Crippen LogP contribution in [0, 0.1) is 5.82 Å². The Morgan fingerprint density at radius 1 is 0.963 bits per heavy atom. The van der Waals surface area contributed by atoms with Gasteiger partial charge in [-0.15, -0.1) is 0 Å². The van der Waals surface area contributed by atoms with E-state index in [2.05, 4.69) is 0 Å². The second-order valence-corrected chi connectivity index (χ2v) is 7.75. The van der Waals surface area contributed by atoms with Crippen LogP contribution in [0.2, 0.25) is 0 Å². The van der Waals surface area contributed by atoms with Gasteiger partial charge in [-0.2, -0.15) is 4.31 Å². The smallest absolute Gasteiger partial charge is 0.243 e. The second-order valence-electron chi connectivity index (χ2n) is 5.70. The molecule has 0 unspecified atom stereocenters. The third-order valence-corrected chi connectivity index (χ3v) is 5.64. The summed E-state index contributed by atoms with van der Waals surface area (Å²) in [4.78, 5) is 0.0749. The van der Waals surface area contributed by atoms with Gasteiger partial charge in [0.1, 0.15) is 0 Å². The highest BCUT2D eigenvalue weighted by molar-refractivity contribution is 7.89. The SMILES string of the molecule is CCOc1ccc(S(=O)(=O)N(C)Cc2ccc(OC)c(F)c2)cc1OCC. The molecule has 0 aliphatic carbocycles. The summed E-state index contributed by atoms with van der Waals surface area (Å²) in [6, 6.07) is 8.83. The first-order chi connectivity index (χ1) is 12.8. The quantitative estimate of drug-likeness (QED) is 0.648. The molecule has 0 saturated heterocycles. The Labute approximate surface area is 159 Å². The Morgan fingerprint density at radius 2 is 1.59 bits per heavy atom. The summed E-state index contributed by atoms with van der Waals surface area (Å²) >= 11 is 0. The van der Waals surface area contributed by atoms with Crippen LogP contribution in [-0.4, -0.2) is 40.1 Å². The van der Waals surface area contributed by atoms with Crippen molar-refractivity contribution in [3.63, 3.8) is 0 Å². The van der Waals surface area contributed by atoms with E-state index in [4.69, 9.17) is 14.2 Å². The first-order valence-electron chi connectivity index (χ1n) is 8.51. The van der Waals surface area contributed by atoms with Crippen LogP contribution in [0.15, 0.2) is 41.3 Å². The van der Waals surface area contributed by atoms with Crippen molar-refractivity contribution in [3.05, 3.63) is 47.8 Å². The molecular formula is C19H24FNO5S. The van der Waals surface area contributed by atoms with Gasteiger partial charge in [-0.25, -0.2) is 12.8 Å². The predicted octanol–water partition coefficient (Wildman–Crippen LogP) is 3.45. The van der Waals surface area contributed by atoms with Gasteiger partial charge in [0.2, 0.25) is 10.0 Å². The zero-order chi connectivity index (χ0) is 20.0. The highest BCUT2D eigenvalue weighted by Crippen LogP contribution is 2.31. The standard InChI is InChI=1S/C19H24FNO5S/c1-5-25-18-10-8-15(12-19(18)26-6-2)27(22,23)21(3)13-14-7-9-17(24-4)16(20)11-14/h7-12H,5-6,13H2,1-4H3. The maximum Gasteiger partial charge on any atom is 0.243 e. The number of sulfonamides is 1. The van der Waals surface area contributed by atoms with E-state index >= 15 is 0 Å². The monoisotopic (exact) mass is 397 g/mol. The van der Waals surface area contributed by atoms with Gasteiger partial charge in [-0.05, 0) is 43.7 Å². The molecule has 0 aromatic heterocycles. The molecule has 0 aliphatic heterocycles. The van der Waals surface area contributed by atoms with Crippen LogP contribution in [-0.2, 0) is 16.6 Å². The van der Waals surface area contributed by atoms with Crippen LogP contribution in [0.1, 0.15) is 19.4 Å². The number of rotatable bonds is 9. The molecule has 0 N–H and O–H groups in total. The van der Waals surface area contributed by atoms with Crippen molar-refractivity contribution < 1.29 is 27.0 Å². The van der Waals surface area contributed by atoms with Crippen LogP contribution in [0.5, 0.6) is 17.2 Å². The third kappa shape index (κ3) is 4.90. The fourth-order valence-electron chi connectivity index (χ4n) is 2.52. The molecule has 27 heavy (non-hydrogen) atoms. The van der Waals surface area contributed by atoms with Crippen LogP contribution < -0.4 is 14.2 Å². The van der Waals surface area contributed by atoms with E-state index in [0.717, 1.165) is 4.31 Å². The van der Waals surface area contributed by atoms with Crippen molar-refractivity contribution in [3.8, 4) is 17.2 Å². The molecule has 0 amide bonds. The minimum absolute atomic E-state index is 0.0143. The second kappa shape index (κ2) is 9.05. The first-order valence-corrected chi connectivity index (χ1v) is 9.95. The third-order valence-electron chi connectivity index (χ3n) is 3.84. The molecule has 0 fully saturated rings. The van der Waals surface area contributed by atoms with Crippen molar-refractivity contribution in [2.24, 2.45) is 0 Å². The fourth-order valence-corrected chi connectivity index (χ4v) is 3.70. The lowest BCUT2D eigenvalue weighted by Crippen LogP contribution is -2.26. The van der Waals surface area contributed by atoms with E-state index in [-0.39, 0.29) is 17.2 Å². The first kappa shape index (κ1) is 21.0. The molecule has 0 saturated carbocycles. The molecule has 148 valence electrons. The van der Waals surface area contributed by atoms with Gasteiger partial charge in [0.05, 0.1) is 25.2 Å². The van der Waals surface area contributed by atoms with E-state index in [1.165, 1.54) is 38.4 Å². The number of ether oxygens (including phenoxy) is 3. The van der Waals surface area contributed by atoms with E-state index in [9.17, 15) is 12.8 Å². The van der Waals surface area contributed by atoms with Gasteiger partial charge in [0.15, 0.2) is 23.1 Å². The maximum absolute atomic E-state index is 13.9. The van der Waals surface area contributed by atoms with Gasteiger partial charge in [0, 0.05) is 19.7 Å². The van der Waals surface area contributed by atoms with Crippen molar-refractivity contribution in [1.82, 2.24) is 4.31 Å². The molecule has 8 heteroatoms. The largest absolute Gasteiger partial charge is 0.494 e. The van der Waals surface area contributed by atoms with Gasteiger partial charge >= 0.3 is 0 Å². The van der Waals surface area contributed by atoms with Crippen molar-refractivity contribution in [1.29, 1.82) is 0 Å². The zero-order valence-electron chi connectivity index (χ0n) is 15.9. The Balaban J connectivity index is 2.28. The fraction of sp³-hybridized carbons (Fsp3) is 0.368. The average molecular weight is 397 g/mol. The van der Waals surface area contributed by atoms with Crippen molar-refractivity contribution in [2.45, 2.75) is 25.3 Å². The maximum atomic E-state index is 13.9. The predicted molar refractivity (Wildman–Crippen MR) is 100 cm³/mol. The summed E-state index contributed by atoms with van der Waals surface area (Å²) < 4.78 is 56.6. The number of methoxy groups -OCH3 is 1. The summed E-state index contributed by atoms with van der Waals surface area (Å²) in [5.41, 5.74) is 0.510. The Morgan fingerprint density at radius 3 is 2.19 bits per heavy atom. The van der Waals surface area contributed by atoms with Gasteiger partial charge in [0.25, 0.3) is 0 Å². The molecule has 0 heterocycles.